The lowest BCUT2D eigenvalue weighted by molar-refractivity contribution is -0.343. The fraction of sp³-hybridized carbons (Fsp3) is 0.417. The molecule has 0 N–H and O–H groups in total. The van der Waals surface area contributed by atoms with E-state index in [1.807, 2.05) is 0 Å². The lowest BCUT2D eigenvalue weighted by Crippen LogP contribution is -2.59. The molecule has 0 unspecified atom stereocenters. The zero-order valence-corrected chi connectivity index (χ0v) is 11.6. The average molecular weight is 371 g/mol. The van der Waals surface area contributed by atoms with Gasteiger partial charge in [-0.25, -0.2) is 13.6 Å². The standard InChI is InChI=1S/C12H7ClF8O2/c13-7-4-2-1-3-6(7)8(22)23-5-10(16,17)12(20,21)11(18,19)9(14)15/h1-4,9H,5H2. The SMILES string of the molecule is O=C(OCC(F)(F)C(F)(F)C(F)(F)C(F)F)c1ccccc1Cl. The van der Waals surface area contributed by atoms with Crippen LogP contribution >= 0.6 is 11.6 Å². The van der Waals surface area contributed by atoms with Gasteiger partial charge in [0.15, 0.2) is 6.61 Å². The van der Waals surface area contributed by atoms with Gasteiger partial charge in [-0.15, -0.1) is 0 Å². The zero-order chi connectivity index (χ0) is 18.1. The van der Waals surface area contributed by atoms with Crippen LogP contribution in [0.4, 0.5) is 35.1 Å². The molecule has 1 rings (SSSR count). The topological polar surface area (TPSA) is 26.3 Å². The molecule has 0 aliphatic carbocycles. The molecule has 0 amide bonds. The first-order chi connectivity index (χ1) is 10.3. The lowest BCUT2D eigenvalue weighted by Gasteiger charge is -2.31. The summed E-state index contributed by atoms with van der Waals surface area (Å²) in [6.45, 7) is -2.54. The number of ether oxygens (including phenoxy) is 1. The van der Waals surface area contributed by atoms with E-state index in [1.165, 1.54) is 12.1 Å². The molecule has 1 aromatic rings. The van der Waals surface area contributed by atoms with Crippen LogP contribution in [0.15, 0.2) is 24.3 Å². The predicted molar refractivity (Wildman–Crippen MR) is 62.6 cm³/mol. The molecule has 0 spiro atoms. The number of alkyl halides is 8. The van der Waals surface area contributed by atoms with Gasteiger partial charge in [0.1, 0.15) is 0 Å². The second-order valence-corrected chi connectivity index (χ2v) is 4.67. The van der Waals surface area contributed by atoms with E-state index in [0.29, 0.717) is 0 Å². The van der Waals surface area contributed by atoms with Crippen molar-refractivity contribution < 1.29 is 44.7 Å². The van der Waals surface area contributed by atoms with Crippen molar-refractivity contribution in [2.45, 2.75) is 24.2 Å². The highest BCUT2D eigenvalue weighted by molar-refractivity contribution is 6.33. The van der Waals surface area contributed by atoms with E-state index in [0.717, 1.165) is 12.1 Å². The minimum Gasteiger partial charge on any atom is -0.455 e. The number of carbonyl (C=O) groups is 1. The molecule has 0 aromatic heterocycles. The highest BCUT2D eigenvalue weighted by Crippen LogP contribution is 2.48. The highest BCUT2D eigenvalue weighted by atomic mass is 35.5. The molecule has 130 valence electrons. The maximum absolute atomic E-state index is 13.2. The van der Waals surface area contributed by atoms with Crippen LogP contribution in [0.3, 0.4) is 0 Å². The van der Waals surface area contributed by atoms with Gasteiger partial charge in [0.05, 0.1) is 10.6 Å². The molecule has 0 heterocycles. The van der Waals surface area contributed by atoms with Crippen LogP contribution in [0, 0.1) is 0 Å². The van der Waals surface area contributed by atoms with Gasteiger partial charge in [-0.3, -0.25) is 0 Å². The molecular formula is C12H7ClF8O2. The summed E-state index contributed by atoms with van der Waals surface area (Å²) in [7, 11) is 0. The Morgan fingerprint density at radius 1 is 1.09 bits per heavy atom. The summed E-state index contributed by atoms with van der Waals surface area (Å²) in [5.74, 6) is -20.1. The van der Waals surface area contributed by atoms with Crippen LogP contribution in [0.25, 0.3) is 0 Å². The van der Waals surface area contributed by atoms with E-state index in [-0.39, 0.29) is 5.02 Å². The van der Waals surface area contributed by atoms with E-state index < -0.39 is 42.3 Å². The molecule has 0 saturated heterocycles. The zero-order valence-electron chi connectivity index (χ0n) is 10.8. The van der Waals surface area contributed by atoms with Crippen LogP contribution in [-0.2, 0) is 4.74 Å². The Bertz CT molecular complexity index is 576. The van der Waals surface area contributed by atoms with E-state index in [1.54, 1.807) is 0 Å². The molecule has 2 nitrogen and oxygen atoms in total. The van der Waals surface area contributed by atoms with Gasteiger partial charge in [-0.2, -0.15) is 26.3 Å². The molecule has 0 atom stereocenters. The molecule has 23 heavy (non-hydrogen) atoms. The van der Waals surface area contributed by atoms with Gasteiger partial charge in [0.25, 0.3) is 0 Å². The monoisotopic (exact) mass is 370 g/mol. The Morgan fingerprint density at radius 3 is 2.09 bits per heavy atom. The van der Waals surface area contributed by atoms with E-state index >= 15 is 0 Å². The summed E-state index contributed by atoms with van der Waals surface area (Å²) in [5.41, 5.74) is -0.492. The molecule has 0 radical (unpaired) electrons. The quantitative estimate of drug-likeness (QED) is 0.537. The third-order valence-corrected chi connectivity index (χ3v) is 2.96. The van der Waals surface area contributed by atoms with E-state index in [9.17, 15) is 39.9 Å². The number of esters is 1. The van der Waals surface area contributed by atoms with Crippen molar-refractivity contribution in [3.05, 3.63) is 34.9 Å². The first-order valence-corrected chi connectivity index (χ1v) is 6.05. The van der Waals surface area contributed by atoms with Crippen molar-refractivity contribution >= 4 is 17.6 Å². The first-order valence-electron chi connectivity index (χ1n) is 5.68. The second kappa shape index (κ2) is 6.50. The Hall–Kier alpha value is -1.58. The normalized spacial score (nSPS) is 13.3. The molecule has 0 saturated carbocycles. The maximum atomic E-state index is 13.2. The number of halogens is 9. The lowest BCUT2D eigenvalue weighted by atomic mass is 10.1. The van der Waals surface area contributed by atoms with E-state index in [4.69, 9.17) is 11.6 Å². The van der Waals surface area contributed by atoms with Gasteiger partial charge in [-0.05, 0) is 12.1 Å². The number of hydrogen-bond acceptors (Lipinski definition) is 2. The van der Waals surface area contributed by atoms with Gasteiger partial charge in [0, 0.05) is 0 Å². The molecular weight excluding hydrogens is 364 g/mol. The van der Waals surface area contributed by atoms with Crippen molar-refractivity contribution in [2.24, 2.45) is 0 Å². The third-order valence-electron chi connectivity index (χ3n) is 2.63. The Labute approximate surface area is 129 Å². The van der Waals surface area contributed by atoms with Crippen LogP contribution in [0.5, 0.6) is 0 Å². The fourth-order valence-electron chi connectivity index (χ4n) is 1.33. The Kier molecular flexibility index (Phi) is 5.50. The number of rotatable bonds is 6. The van der Waals surface area contributed by atoms with Crippen molar-refractivity contribution in [2.75, 3.05) is 6.61 Å². The minimum absolute atomic E-state index is 0.273. The van der Waals surface area contributed by atoms with Gasteiger partial charge in [-0.1, -0.05) is 23.7 Å². The van der Waals surface area contributed by atoms with Gasteiger partial charge < -0.3 is 4.74 Å². The molecule has 11 heteroatoms. The minimum atomic E-state index is -6.44. The van der Waals surface area contributed by atoms with Crippen molar-refractivity contribution in [3.63, 3.8) is 0 Å². The average Bonchev–Trinajstić information content (AvgIpc) is 2.44. The summed E-state index contributed by atoms with van der Waals surface area (Å²) in [6.07, 6.45) is -5.04. The van der Waals surface area contributed by atoms with Crippen molar-refractivity contribution in [3.8, 4) is 0 Å². The van der Waals surface area contributed by atoms with Crippen LogP contribution in [0.1, 0.15) is 10.4 Å². The number of carbonyl (C=O) groups excluding carboxylic acids is 1. The molecule has 0 bridgehead atoms. The predicted octanol–water partition coefficient (Wildman–Crippen LogP) is 4.67. The smallest absolute Gasteiger partial charge is 0.381 e. The Balaban J connectivity index is 2.91. The van der Waals surface area contributed by atoms with Crippen LogP contribution in [-0.4, -0.2) is 36.8 Å². The van der Waals surface area contributed by atoms with Gasteiger partial charge >= 0.3 is 30.2 Å². The van der Waals surface area contributed by atoms with Crippen molar-refractivity contribution in [1.29, 1.82) is 0 Å². The molecule has 1 aromatic carbocycles. The fourth-order valence-corrected chi connectivity index (χ4v) is 1.55. The summed E-state index contributed by atoms with van der Waals surface area (Å²) >= 11 is 5.52. The highest BCUT2D eigenvalue weighted by Gasteiger charge is 2.75. The molecule has 0 aliphatic rings. The van der Waals surface area contributed by atoms with Crippen molar-refractivity contribution in [1.82, 2.24) is 0 Å². The number of hydrogen-bond donors (Lipinski definition) is 0. The summed E-state index contributed by atoms with van der Waals surface area (Å²) in [6, 6.07) is 4.73. The van der Waals surface area contributed by atoms with Gasteiger partial charge in [0.2, 0.25) is 0 Å². The first kappa shape index (κ1) is 19.5. The molecule has 0 fully saturated rings. The third kappa shape index (κ3) is 3.67. The largest absolute Gasteiger partial charge is 0.455 e. The Morgan fingerprint density at radius 2 is 1.61 bits per heavy atom. The summed E-state index contributed by atoms with van der Waals surface area (Å²) < 4.78 is 105. The number of benzene rings is 1. The summed E-state index contributed by atoms with van der Waals surface area (Å²) in [5, 5.41) is -0.273. The molecule has 0 aliphatic heterocycles. The summed E-state index contributed by atoms with van der Waals surface area (Å²) in [4.78, 5) is 11.4. The van der Waals surface area contributed by atoms with E-state index in [2.05, 4.69) is 4.74 Å². The second-order valence-electron chi connectivity index (χ2n) is 4.26. The van der Waals surface area contributed by atoms with Crippen LogP contribution < -0.4 is 0 Å². The van der Waals surface area contributed by atoms with Crippen LogP contribution in [0.2, 0.25) is 5.02 Å². The maximum Gasteiger partial charge on any atom is 0.381 e.